The Morgan fingerprint density at radius 2 is 1.76 bits per heavy atom. The molecule has 1 amide bonds. The lowest BCUT2D eigenvalue weighted by Gasteiger charge is -2.60. The van der Waals surface area contributed by atoms with E-state index >= 15 is 0 Å². The summed E-state index contributed by atoms with van der Waals surface area (Å²) in [7, 11) is -1.97. The molecular formula is C22H32N2O4S. The van der Waals surface area contributed by atoms with E-state index in [0.717, 1.165) is 32.1 Å². The number of sulfonamides is 1. The molecule has 0 heterocycles. The van der Waals surface area contributed by atoms with Crippen molar-refractivity contribution in [3.8, 4) is 0 Å². The summed E-state index contributed by atoms with van der Waals surface area (Å²) in [6, 6.07) is 6.24. The number of hydrogen-bond donors (Lipinski definition) is 2. The van der Waals surface area contributed by atoms with Crippen LogP contribution in [-0.4, -0.2) is 42.4 Å². The summed E-state index contributed by atoms with van der Waals surface area (Å²) in [5.41, 5.74) is -0.0424. The van der Waals surface area contributed by atoms with Crippen molar-refractivity contribution in [1.29, 1.82) is 0 Å². The highest BCUT2D eigenvalue weighted by atomic mass is 32.2. The minimum atomic E-state index is -3.53. The van der Waals surface area contributed by atoms with Crippen molar-refractivity contribution in [2.45, 2.75) is 75.3 Å². The van der Waals surface area contributed by atoms with Crippen LogP contribution in [0.25, 0.3) is 0 Å². The zero-order chi connectivity index (χ0) is 21.0. The number of hydrogen-bond acceptors (Lipinski definition) is 4. The minimum Gasteiger partial charge on any atom is -0.390 e. The quantitative estimate of drug-likeness (QED) is 0.739. The van der Waals surface area contributed by atoms with Crippen molar-refractivity contribution in [2.75, 3.05) is 12.4 Å². The molecule has 2 N–H and O–H groups in total. The highest BCUT2D eigenvalue weighted by molar-refractivity contribution is 7.89. The average Bonchev–Trinajstić information content (AvgIpc) is 2.58. The molecule has 0 radical (unpaired) electrons. The van der Waals surface area contributed by atoms with Gasteiger partial charge in [-0.15, -0.1) is 0 Å². The first kappa shape index (κ1) is 20.8. The van der Waals surface area contributed by atoms with Gasteiger partial charge >= 0.3 is 0 Å². The molecule has 0 saturated heterocycles. The molecule has 4 aliphatic rings. The molecule has 4 fully saturated rings. The number of anilines is 1. The number of benzene rings is 1. The molecule has 160 valence electrons. The minimum absolute atomic E-state index is 0.0505. The SMILES string of the molecule is CC(C)N(C)S(=O)(=O)c1ccc(NC(=O)CC23CC4CC(CC(O)(C4)C2)C3)cc1. The number of nitrogens with one attached hydrogen (secondary N) is 1. The van der Waals surface area contributed by atoms with Gasteiger partial charge in [0.05, 0.1) is 10.5 Å². The van der Waals surface area contributed by atoms with Gasteiger partial charge in [0.15, 0.2) is 0 Å². The molecule has 6 nitrogen and oxygen atoms in total. The molecule has 4 aliphatic carbocycles. The van der Waals surface area contributed by atoms with Gasteiger partial charge in [0, 0.05) is 25.2 Å². The third-order valence-electron chi connectivity index (χ3n) is 7.23. The molecule has 0 spiro atoms. The van der Waals surface area contributed by atoms with Gasteiger partial charge in [-0.3, -0.25) is 4.79 Å². The first-order valence-corrected chi connectivity index (χ1v) is 12.0. The van der Waals surface area contributed by atoms with Crippen LogP contribution in [0.5, 0.6) is 0 Å². The van der Waals surface area contributed by atoms with E-state index in [1.165, 1.54) is 22.9 Å². The van der Waals surface area contributed by atoms with E-state index in [4.69, 9.17) is 0 Å². The lowest BCUT2D eigenvalue weighted by molar-refractivity contribution is -0.167. The van der Waals surface area contributed by atoms with Gasteiger partial charge in [-0.1, -0.05) is 0 Å². The van der Waals surface area contributed by atoms with E-state index in [2.05, 4.69) is 5.32 Å². The van der Waals surface area contributed by atoms with Crippen molar-refractivity contribution in [1.82, 2.24) is 4.31 Å². The molecule has 1 aromatic rings. The van der Waals surface area contributed by atoms with Crippen LogP contribution in [0.3, 0.4) is 0 Å². The number of aliphatic hydroxyl groups is 1. The fourth-order valence-electron chi connectivity index (χ4n) is 6.31. The predicted molar refractivity (Wildman–Crippen MR) is 112 cm³/mol. The number of nitrogens with zero attached hydrogens (tertiary/aromatic N) is 1. The van der Waals surface area contributed by atoms with Gasteiger partial charge in [0.2, 0.25) is 15.9 Å². The van der Waals surface area contributed by atoms with Gasteiger partial charge < -0.3 is 10.4 Å². The van der Waals surface area contributed by atoms with Crippen LogP contribution in [0.2, 0.25) is 0 Å². The Morgan fingerprint density at radius 1 is 1.17 bits per heavy atom. The van der Waals surface area contributed by atoms with Gasteiger partial charge in [0.25, 0.3) is 0 Å². The second kappa shape index (κ2) is 7.06. The first-order chi connectivity index (χ1) is 13.5. The molecule has 2 atom stereocenters. The fraction of sp³-hybridized carbons (Fsp3) is 0.682. The number of amides is 1. The molecule has 2 unspecified atom stereocenters. The third kappa shape index (κ3) is 3.97. The predicted octanol–water partition coefficient (Wildman–Crippen LogP) is 3.38. The fourth-order valence-corrected chi connectivity index (χ4v) is 7.68. The number of rotatable bonds is 6. The van der Waals surface area contributed by atoms with E-state index < -0.39 is 15.6 Å². The Morgan fingerprint density at radius 3 is 2.28 bits per heavy atom. The first-order valence-electron chi connectivity index (χ1n) is 10.6. The molecular weight excluding hydrogens is 388 g/mol. The van der Waals surface area contributed by atoms with Crippen LogP contribution in [0.4, 0.5) is 5.69 Å². The largest absolute Gasteiger partial charge is 0.390 e. The molecule has 0 aliphatic heterocycles. The van der Waals surface area contributed by atoms with Crippen LogP contribution >= 0.6 is 0 Å². The van der Waals surface area contributed by atoms with E-state index in [-0.39, 0.29) is 22.3 Å². The maximum atomic E-state index is 12.8. The molecule has 29 heavy (non-hydrogen) atoms. The van der Waals surface area contributed by atoms with Crippen molar-refractivity contribution in [3.63, 3.8) is 0 Å². The molecule has 4 saturated carbocycles. The topological polar surface area (TPSA) is 86.7 Å². The highest BCUT2D eigenvalue weighted by Crippen LogP contribution is 2.62. The molecule has 4 bridgehead atoms. The van der Waals surface area contributed by atoms with Crippen LogP contribution in [0, 0.1) is 17.3 Å². The normalized spacial score (nSPS) is 33.4. The lowest BCUT2D eigenvalue weighted by atomic mass is 9.47. The average molecular weight is 421 g/mol. The van der Waals surface area contributed by atoms with Crippen LogP contribution in [0.1, 0.15) is 58.8 Å². The van der Waals surface area contributed by atoms with E-state index in [1.54, 1.807) is 19.2 Å². The summed E-state index contributed by atoms with van der Waals surface area (Å²) >= 11 is 0. The number of carbonyl (C=O) groups is 1. The maximum absolute atomic E-state index is 12.8. The lowest BCUT2D eigenvalue weighted by Crippen LogP contribution is -2.56. The van der Waals surface area contributed by atoms with Gasteiger partial charge in [-0.25, -0.2) is 8.42 Å². The Labute approximate surface area is 173 Å². The zero-order valence-corrected chi connectivity index (χ0v) is 18.3. The van der Waals surface area contributed by atoms with Crippen molar-refractivity contribution in [2.24, 2.45) is 17.3 Å². The summed E-state index contributed by atoms with van der Waals surface area (Å²) in [4.78, 5) is 13.0. The summed E-state index contributed by atoms with van der Waals surface area (Å²) in [6.45, 7) is 3.65. The zero-order valence-electron chi connectivity index (χ0n) is 17.5. The standard InChI is InChI=1S/C22H32N2O4S/c1-15(2)24(3)29(27,28)19-6-4-18(5-7-19)23-20(25)13-21-9-16-8-17(10-21)12-22(26,11-16)14-21/h4-7,15-17,26H,8-14H2,1-3H3,(H,23,25). The van der Waals surface area contributed by atoms with E-state index in [0.29, 0.717) is 23.9 Å². The Kier molecular flexibility index (Phi) is 5.07. The summed E-state index contributed by atoms with van der Waals surface area (Å²) in [5.74, 6) is 1.05. The summed E-state index contributed by atoms with van der Waals surface area (Å²) < 4.78 is 26.5. The Hall–Kier alpha value is -1.44. The maximum Gasteiger partial charge on any atom is 0.243 e. The number of carbonyl (C=O) groups excluding carboxylic acids is 1. The summed E-state index contributed by atoms with van der Waals surface area (Å²) in [6.07, 6.45) is 6.24. The van der Waals surface area contributed by atoms with Crippen molar-refractivity contribution in [3.05, 3.63) is 24.3 Å². The highest BCUT2D eigenvalue weighted by Gasteiger charge is 2.57. The second-order valence-corrected chi connectivity index (χ2v) is 12.0. The second-order valence-electron chi connectivity index (χ2n) is 10.0. The molecule has 1 aromatic carbocycles. The van der Waals surface area contributed by atoms with Crippen molar-refractivity contribution < 1.29 is 18.3 Å². The Balaban J connectivity index is 1.42. The van der Waals surface area contributed by atoms with Gasteiger partial charge in [0.1, 0.15) is 0 Å². The van der Waals surface area contributed by atoms with Crippen molar-refractivity contribution >= 4 is 21.6 Å². The van der Waals surface area contributed by atoms with Gasteiger partial charge in [-0.2, -0.15) is 4.31 Å². The third-order valence-corrected chi connectivity index (χ3v) is 9.28. The molecule has 5 rings (SSSR count). The molecule has 7 heteroatoms. The summed E-state index contributed by atoms with van der Waals surface area (Å²) in [5, 5.41) is 13.8. The smallest absolute Gasteiger partial charge is 0.243 e. The van der Waals surface area contributed by atoms with Crippen LogP contribution in [-0.2, 0) is 14.8 Å². The van der Waals surface area contributed by atoms with E-state index in [9.17, 15) is 18.3 Å². The van der Waals surface area contributed by atoms with Crippen LogP contribution in [0.15, 0.2) is 29.2 Å². The Bertz CT molecular complexity index is 880. The van der Waals surface area contributed by atoms with Gasteiger partial charge in [-0.05, 0) is 93.9 Å². The molecule has 0 aromatic heterocycles. The van der Waals surface area contributed by atoms with Crippen LogP contribution < -0.4 is 5.32 Å². The monoisotopic (exact) mass is 420 g/mol. The van der Waals surface area contributed by atoms with E-state index in [1.807, 2.05) is 13.8 Å².